The fourth-order valence-electron chi connectivity index (χ4n) is 1.84. The fourth-order valence-corrected chi connectivity index (χ4v) is 2.06. The summed E-state index contributed by atoms with van der Waals surface area (Å²) >= 11 is 6.12. The molecule has 0 aliphatic carbocycles. The van der Waals surface area contributed by atoms with Crippen molar-refractivity contribution in [1.29, 1.82) is 0 Å². The Labute approximate surface area is 89.1 Å². The maximum absolute atomic E-state index is 6.12. The van der Waals surface area contributed by atoms with Crippen LogP contribution in [0.3, 0.4) is 0 Å². The molecule has 0 fully saturated rings. The zero-order valence-electron chi connectivity index (χ0n) is 8.69. The number of aryl methyl sites for hydroxylation is 1. The van der Waals surface area contributed by atoms with Gasteiger partial charge in [-0.05, 0) is 30.5 Å². The number of aromatic amines is 1. The number of aromatic nitrogens is 1. The highest BCUT2D eigenvalue weighted by Crippen LogP contribution is 2.30. The van der Waals surface area contributed by atoms with Gasteiger partial charge in [0.25, 0.3) is 0 Å². The zero-order valence-corrected chi connectivity index (χ0v) is 9.44. The van der Waals surface area contributed by atoms with Crippen molar-refractivity contribution < 1.29 is 0 Å². The van der Waals surface area contributed by atoms with Crippen LogP contribution in [0.4, 0.5) is 0 Å². The number of H-pyrrole nitrogens is 1. The summed E-state index contributed by atoms with van der Waals surface area (Å²) in [5, 5.41) is 2.06. The Balaban J connectivity index is 2.81. The first-order valence-electron chi connectivity index (χ1n) is 4.87. The number of fused-ring (bicyclic) bond motifs is 1. The normalized spacial score (nSPS) is 11.5. The molecule has 0 aliphatic rings. The van der Waals surface area contributed by atoms with Crippen LogP contribution in [0, 0.1) is 6.92 Å². The fraction of sp³-hybridized carbons (Fsp3) is 0.333. The number of hydrogen-bond donors (Lipinski definition) is 1. The van der Waals surface area contributed by atoms with Gasteiger partial charge in [0.1, 0.15) is 0 Å². The van der Waals surface area contributed by atoms with Crippen LogP contribution < -0.4 is 0 Å². The second kappa shape index (κ2) is 3.32. The number of hydrogen-bond acceptors (Lipinski definition) is 0. The number of rotatable bonds is 1. The van der Waals surface area contributed by atoms with Crippen LogP contribution in [0.5, 0.6) is 0 Å². The lowest BCUT2D eigenvalue weighted by Crippen LogP contribution is -1.87. The van der Waals surface area contributed by atoms with E-state index in [4.69, 9.17) is 11.6 Å². The first-order chi connectivity index (χ1) is 6.59. The number of nitrogens with one attached hydrogen (secondary N) is 1. The molecule has 0 atom stereocenters. The van der Waals surface area contributed by atoms with Gasteiger partial charge in [0.15, 0.2) is 0 Å². The summed E-state index contributed by atoms with van der Waals surface area (Å²) in [6.45, 7) is 6.45. The molecule has 1 N–H and O–H groups in total. The van der Waals surface area contributed by atoms with E-state index in [2.05, 4.69) is 37.9 Å². The molecule has 14 heavy (non-hydrogen) atoms. The molecule has 0 bridgehead atoms. The number of benzene rings is 1. The molecule has 0 amide bonds. The molecular formula is C12H14ClN. The Kier molecular flexibility index (Phi) is 2.28. The Morgan fingerprint density at radius 2 is 2.00 bits per heavy atom. The van der Waals surface area contributed by atoms with Gasteiger partial charge in [0, 0.05) is 11.1 Å². The summed E-state index contributed by atoms with van der Waals surface area (Å²) in [4.78, 5) is 3.29. The molecule has 0 spiro atoms. The molecule has 2 aromatic rings. The van der Waals surface area contributed by atoms with Crippen molar-refractivity contribution in [2.24, 2.45) is 0 Å². The smallest absolute Gasteiger partial charge is 0.0648 e. The molecular weight excluding hydrogens is 194 g/mol. The minimum Gasteiger partial charge on any atom is -0.357 e. The molecule has 0 saturated carbocycles. The van der Waals surface area contributed by atoms with Gasteiger partial charge in [-0.25, -0.2) is 0 Å². The summed E-state index contributed by atoms with van der Waals surface area (Å²) in [5.41, 5.74) is 3.58. The number of halogens is 1. The first-order valence-corrected chi connectivity index (χ1v) is 5.25. The molecule has 2 rings (SSSR count). The quantitative estimate of drug-likeness (QED) is 0.720. The largest absolute Gasteiger partial charge is 0.357 e. The highest BCUT2D eigenvalue weighted by molar-refractivity contribution is 6.35. The minimum atomic E-state index is 0.532. The average molecular weight is 208 g/mol. The first kappa shape index (κ1) is 9.60. The van der Waals surface area contributed by atoms with Crippen molar-refractivity contribution in [2.45, 2.75) is 26.7 Å². The van der Waals surface area contributed by atoms with Gasteiger partial charge in [0.05, 0.1) is 10.5 Å². The molecule has 0 aliphatic heterocycles. The van der Waals surface area contributed by atoms with Crippen molar-refractivity contribution in [2.75, 3.05) is 0 Å². The van der Waals surface area contributed by atoms with E-state index >= 15 is 0 Å². The molecule has 1 aromatic carbocycles. The molecule has 0 saturated heterocycles. The van der Waals surface area contributed by atoms with Crippen LogP contribution in [0.1, 0.15) is 31.0 Å². The van der Waals surface area contributed by atoms with Crippen LogP contribution in [0.15, 0.2) is 18.2 Å². The van der Waals surface area contributed by atoms with Crippen LogP contribution in [0.25, 0.3) is 10.9 Å². The van der Waals surface area contributed by atoms with Crippen molar-refractivity contribution in [3.8, 4) is 0 Å². The second-order valence-electron chi connectivity index (χ2n) is 4.03. The van der Waals surface area contributed by atoms with Gasteiger partial charge in [0.2, 0.25) is 0 Å². The van der Waals surface area contributed by atoms with Crippen molar-refractivity contribution in [3.05, 3.63) is 34.5 Å². The molecule has 2 heteroatoms. The van der Waals surface area contributed by atoms with Crippen molar-refractivity contribution in [3.63, 3.8) is 0 Å². The lowest BCUT2D eigenvalue weighted by Gasteiger charge is -2.07. The van der Waals surface area contributed by atoms with Gasteiger partial charge in [-0.1, -0.05) is 31.5 Å². The van der Waals surface area contributed by atoms with Gasteiger partial charge >= 0.3 is 0 Å². The lowest BCUT2D eigenvalue weighted by molar-refractivity contribution is 0.876. The van der Waals surface area contributed by atoms with Crippen molar-refractivity contribution in [1.82, 2.24) is 4.98 Å². The molecule has 0 radical (unpaired) electrons. The van der Waals surface area contributed by atoms with Gasteiger partial charge in [-0.2, -0.15) is 0 Å². The lowest BCUT2D eigenvalue weighted by atomic mass is 9.99. The van der Waals surface area contributed by atoms with Crippen LogP contribution >= 0.6 is 11.6 Å². The van der Waals surface area contributed by atoms with Crippen molar-refractivity contribution >= 4 is 22.5 Å². The summed E-state index contributed by atoms with van der Waals surface area (Å²) in [6, 6.07) is 6.24. The van der Waals surface area contributed by atoms with Crippen LogP contribution in [0.2, 0.25) is 5.02 Å². The maximum atomic E-state index is 6.12. The van der Waals surface area contributed by atoms with E-state index in [0.717, 1.165) is 16.2 Å². The highest BCUT2D eigenvalue weighted by Gasteiger charge is 2.09. The van der Waals surface area contributed by atoms with E-state index in [0.29, 0.717) is 5.92 Å². The molecule has 1 aromatic heterocycles. The Hall–Kier alpha value is -0.950. The maximum Gasteiger partial charge on any atom is 0.0648 e. The molecule has 1 heterocycles. The Morgan fingerprint density at radius 1 is 1.29 bits per heavy atom. The van der Waals surface area contributed by atoms with Gasteiger partial charge < -0.3 is 4.98 Å². The molecule has 74 valence electrons. The molecule has 1 nitrogen and oxygen atoms in total. The summed E-state index contributed by atoms with van der Waals surface area (Å²) < 4.78 is 0. The second-order valence-corrected chi connectivity index (χ2v) is 4.44. The van der Waals surface area contributed by atoms with E-state index < -0.39 is 0 Å². The van der Waals surface area contributed by atoms with Crippen LogP contribution in [-0.4, -0.2) is 4.98 Å². The summed E-state index contributed by atoms with van der Waals surface area (Å²) in [5.74, 6) is 0.532. The third-order valence-corrected chi connectivity index (χ3v) is 2.85. The van der Waals surface area contributed by atoms with E-state index in [1.54, 1.807) is 0 Å². The third-order valence-electron chi connectivity index (χ3n) is 2.53. The topological polar surface area (TPSA) is 15.8 Å². The zero-order chi connectivity index (χ0) is 10.3. The predicted octanol–water partition coefficient (Wildman–Crippen LogP) is 4.25. The highest BCUT2D eigenvalue weighted by atomic mass is 35.5. The van der Waals surface area contributed by atoms with E-state index in [-0.39, 0.29) is 0 Å². The van der Waals surface area contributed by atoms with E-state index in [1.165, 1.54) is 10.9 Å². The molecule has 0 unspecified atom stereocenters. The van der Waals surface area contributed by atoms with E-state index in [1.807, 2.05) is 6.07 Å². The Bertz CT molecular complexity index is 468. The average Bonchev–Trinajstić information content (AvgIpc) is 2.47. The van der Waals surface area contributed by atoms with E-state index in [9.17, 15) is 0 Å². The summed E-state index contributed by atoms with van der Waals surface area (Å²) in [6.07, 6.45) is 0. The third kappa shape index (κ3) is 1.42. The Morgan fingerprint density at radius 3 is 2.64 bits per heavy atom. The van der Waals surface area contributed by atoms with Gasteiger partial charge in [-0.15, -0.1) is 0 Å². The minimum absolute atomic E-state index is 0.532. The summed E-state index contributed by atoms with van der Waals surface area (Å²) in [7, 11) is 0. The monoisotopic (exact) mass is 207 g/mol. The van der Waals surface area contributed by atoms with Gasteiger partial charge in [-0.3, -0.25) is 0 Å². The SMILES string of the molecule is Cc1cc2c(C(C)C)ccc(Cl)c2[nH]1. The van der Waals surface area contributed by atoms with Crippen LogP contribution in [-0.2, 0) is 0 Å². The standard InChI is InChI=1S/C12H14ClN/c1-7(2)9-4-5-11(13)12-10(9)6-8(3)14-12/h4-7,14H,1-3H3. The predicted molar refractivity (Wildman–Crippen MR) is 62.1 cm³/mol.